The molecule has 0 atom stereocenters. The summed E-state index contributed by atoms with van der Waals surface area (Å²) in [5, 5.41) is 8.89. The highest BCUT2D eigenvalue weighted by Crippen LogP contribution is 2.36. The first kappa shape index (κ1) is 24.5. The van der Waals surface area contributed by atoms with Crippen LogP contribution in [-0.4, -0.2) is 49.7 Å². The van der Waals surface area contributed by atoms with E-state index in [4.69, 9.17) is 4.98 Å². The number of allylic oxidation sites excluding steroid dienone is 3. The summed E-state index contributed by atoms with van der Waals surface area (Å²) in [6.45, 7) is 11.5. The normalized spacial score (nSPS) is 15.5. The maximum atomic E-state index is 5.08. The molecule has 7 heteroatoms. The van der Waals surface area contributed by atoms with E-state index in [9.17, 15) is 0 Å². The van der Waals surface area contributed by atoms with Crippen LogP contribution in [0.2, 0.25) is 0 Å². The van der Waals surface area contributed by atoms with E-state index in [0.717, 1.165) is 64.4 Å². The molecular formula is C31H32N6S. The van der Waals surface area contributed by atoms with Gasteiger partial charge in [-0.25, -0.2) is 9.97 Å². The molecule has 6 rings (SSSR count). The molecule has 5 aromatic heterocycles. The highest BCUT2D eigenvalue weighted by Gasteiger charge is 2.17. The van der Waals surface area contributed by atoms with E-state index in [-0.39, 0.29) is 0 Å². The standard InChI is InChI=1S/C31H32N6S/c1-4-21(19-37-15-7-6-8-16-37)17-22(5-2)25-10-11-26-29(33-25)30(36-35-26)27-18-24-23(13-14-32-31(24)34-27)28-12-9-20(3)38-28/h4-5,9-14,17-18H,1,6-8,15-16,19H2,2-3H3,(H,32,34)(H,35,36)/b21-17+,22-5+. The van der Waals surface area contributed by atoms with Gasteiger partial charge < -0.3 is 4.98 Å². The fourth-order valence-corrected chi connectivity index (χ4v) is 6.15. The molecule has 1 aliphatic rings. The van der Waals surface area contributed by atoms with E-state index in [1.807, 2.05) is 12.3 Å². The maximum absolute atomic E-state index is 5.08. The molecule has 0 unspecified atom stereocenters. The number of piperidine rings is 1. The molecule has 38 heavy (non-hydrogen) atoms. The van der Waals surface area contributed by atoms with Gasteiger partial charge in [-0.3, -0.25) is 10.00 Å². The summed E-state index contributed by atoms with van der Waals surface area (Å²) in [7, 11) is 0. The molecule has 1 aliphatic heterocycles. The number of aryl methyl sites for hydroxylation is 1. The molecule has 0 amide bonds. The number of hydrogen-bond donors (Lipinski definition) is 2. The van der Waals surface area contributed by atoms with Crippen LogP contribution in [0.3, 0.4) is 0 Å². The summed E-state index contributed by atoms with van der Waals surface area (Å²) in [6.07, 6.45) is 12.1. The van der Waals surface area contributed by atoms with Gasteiger partial charge in [-0.1, -0.05) is 25.2 Å². The van der Waals surface area contributed by atoms with Crippen LogP contribution in [0.15, 0.2) is 73.0 Å². The molecule has 0 aromatic carbocycles. The number of nitrogens with one attached hydrogen (secondary N) is 2. The Morgan fingerprint density at radius 1 is 1.13 bits per heavy atom. The second kappa shape index (κ2) is 10.5. The predicted octanol–water partition coefficient (Wildman–Crippen LogP) is 7.54. The SMILES string of the molecule is C=C/C(=C\C(=C/C)c1ccc2[nH]nc(-c3cc4c(-c5ccc(C)s5)ccnc4[nH]3)c2n1)CN1CCCCC1. The number of aromatic amines is 2. The van der Waals surface area contributed by atoms with Crippen molar-refractivity contribution >= 4 is 39.0 Å². The van der Waals surface area contributed by atoms with Crippen molar-refractivity contribution in [3.05, 3.63) is 83.5 Å². The average molecular weight is 521 g/mol. The quantitative estimate of drug-likeness (QED) is 0.217. The molecule has 6 nitrogen and oxygen atoms in total. The summed E-state index contributed by atoms with van der Waals surface area (Å²) in [5.74, 6) is 0. The molecule has 192 valence electrons. The minimum absolute atomic E-state index is 0.796. The Kier molecular flexibility index (Phi) is 6.79. The summed E-state index contributed by atoms with van der Waals surface area (Å²) < 4.78 is 0. The molecule has 0 bridgehead atoms. The molecule has 0 radical (unpaired) electrons. The molecule has 2 N–H and O–H groups in total. The topological polar surface area (TPSA) is 73.5 Å². The Labute approximate surface area is 226 Å². The third-order valence-corrected chi connectivity index (χ3v) is 8.30. The van der Waals surface area contributed by atoms with Crippen molar-refractivity contribution in [2.75, 3.05) is 19.6 Å². The van der Waals surface area contributed by atoms with Crippen molar-refractivity contribution in [1.29, 1.82) is 0 Å². The number of thiophene rings is 1. The fraction of sp³-hybridized carbons (Fsp3) is 0.258. The van der Waals surface area contributed by atoms with Crippen molar-refractivity contribution in [1.82, 2.24) is 30.0 Å². The number of likely N-dealkylation sites (tertiary alicyclic amines) is 1. The van der Waals surface area contributed by atoms with E-state index < -0.39 is 0 Å². The Morgan fingerprint density at radius 3 is 2.76 bits per heavy atom. The number of nitrogens with zero attached hydrogens (tertiary/aromatic N) is 4. The van der Waals surface area contributed by atoms with Gasteiger partial charge in [0.25, 0.3) is 0 Å². The van der Waals surface area contributed by atoms with E-state index in [0.29, 0.717) is 0 Å². The summed E-state index contributed by atoms with van der Waals surface area (Å²) in [6, 6.07) is 12.7. The molecule has 5 aromatic rings. The van der Waals surface area contributed by atoms with Crippen LogP contribution in [0.25, 0.3) is 49.5 Å². The molecule has 0 aliphatic carbocycles. The van der Waals surface area contributed by atoms with Crippen LogP contribution < -0.4 is 0 Å². The van der Waals surface area contributed by atoms with E-state index >= 15 is 0 Å². The first-order valence-electron chi connectivity index (χ1n) is 13.2. The van der Waals surface area contributed by atoms with Crippen LogP contribution in [-0.2, 0) is 0 Å². The Morgan fingerprint density at radius 2 is 2.00 bits per heavy atom. The molecular weight excluding hydrogens is 488 g/mol. The predicted molar refractivity (Wildman–Crippen MR) is 159 cm³/mol. The second-order valence-electron chi connectivity index (χ2n) is 9.88. The van der Waals surface area contributed by atoms with Gasteiger partial charge in [-0.15, -0.1) is 11.3 Å². The third-order valence-electron chi connectivity index (χ3n) is 7.27. The monoisotopic (exact) mass is 520 g/mol. The Balaban J connectivity index is 1.36. The van der Waals surface area contributed by atoms with E-state index in [1.54, 1.807) is 11.3 Å². The Bertz CT molecular complexity index is 1680. The van der Waals surface area contributed by atoms with Gasteiger partial charge in [0, 0.05) is 33.4 Å². The lowest BCUT2D eigenvalue weighted by Gasteiger charge is -2.26. The number of pyridine rings is 2. The van der Waals surface area contributed by atoms with Gasteiger partial charge in [0.2, 0.25) is 0 Å². The lowest BCUT2D eigenvalue weighted by molar-refractivity contribution is 0.248. The number of rotatable bonds is 7. The summed E-state index contributed by atoms with van der Waals surface area (Å²) in [4.78, 5) is 18.2. The van der Waals surface area contributed by atoms with Crippen molar-refractivity contribution < 1.29 is 0 Å². The van der Waals surface area contributed by atoms with E-state index in [2.05, 4.69) is 94.0 Å². The van der Waals surface area contributed by atoms with Crippen molar-refractivity contribution in [2.45, 2.75) is 33.1 Å². The maximum Gasteiger partial charge on any atom is 0.138 e. The first-order valence-corrected chi connectivity index (χ1v) is 14.1. The second-order valence-corrected chi connectivity index (χ2v) is 11.2. The molecule has 1 fully saturated rings. The first-order chi connectivity index (χ1) is 18.6. The average Bonchev–Trinajstić information content (AvgIpc) is 3.68. The molecule has 1 saturated heterocycles. The summed E-state index contributed by atoms with van der Waals surface area (Å²) >= 11 is 1.79. The van der Waals surface area contributed by atoms with E-state index in [1.165, 1.54) is 40.2 Å². The summed E-state index contributed by atoms with van der Waals surface area (Å²) in [5.41, 5.74) is 8.69. The highest BCUT2D eigenvalue weighted by molar-refractivity contribution is 7.15. The third kappa shape index (κ3) is 4.75. The number of aromatic nitrogens is 5. The zero-order valence-electron chi connectivity index (χ0n) is 21.9. The molecule has 6 heterocycles. The van der Waals surface area contributed by atoms with Crippen LogP contribution in [0.4, 0.5) is 0 Å². The largest absolute Gasteiger partial charge is 0.338 e. The van der Waals surface area contributed by atoms with Crippen molar-refractivity contribution in [2.24, 2.45) is 0 Å². The van der Waals surface area contributed by atoms with Gasteiger partial charge in [0.05, 0.1) is 16.9 Å². The number of H-pyrrole nitrogens is 2. The van der Waals surface area contributed by atoms with Crippen LogP contribution >= 0.6 is 11.3 Å². The van der Waals surface area contributed by atoms with Crippen LogP contribution in [0.1, 0.15) is 36.8 Å². The lowest BCUT2D eigenvalue weighted by Crippen LogP contribution is -2.31. The number of fused-ring (bicyclic) bond motifs is 2. The zero-order chi connectivity index (χ0) is 26.1. The fourth-order valence-electron chi connectivity index (χ4n) is 5.25. The van der Waals surface area contributed by atoms with Crippen LogP contribution in [0, 0.1) is 6.92 Å². The van der Waals surface area contributed by atoms with Gasteiger partial charge in [0.1, 0.15) is 16.9 Å². The Hall–Kier alpha value is -3.81. The van der Waals surface area contributed by atoms with Crippen molar-refractivity contribution in [3.8, 4) is 21.8 Å². The number of hydrogen-bond acceptors (Lipinski definition) is 5. The minimum Gasteiger partial charge on any atom is -0.338 e. The van der Waals surface area contributed by atoms with Crippen LogP contribution in [0.5, 0.6) is 0 Å². The van der Waals surface area contributed by atoms with Gasteiger partial charge in [0.15, 0.2) is 0 Å². The smallest absolute Gasteiger partial charge is 0.138 e. The molecule has 0 saturated carbocycles. The minimum atomic E-state index is 0.796. The van der Waals surface area contributed by atoms with Gasteiger partial charge in [-0.05, 0) is 93.4 Å². The molecule has 0 spiro atoms. The highest BCUT2D eigenvalue weighted by atomic mass is 32.1. The zero-order valence-corrected chi connectivity index (χ0v) is 22.7. The lowest BCUT2D eigenvalue weighted by atomic mass is 10.0. The van der Waals surface area contributed by atoms with Gasteiger partial charge in [-0.2, -0.15) is 5.10 Å². The van der Waals surface area contributed by atoms with Crippen molar-refractivity contribution in [3.63, 3.8) is 0 Å². The van der Waals surface area contributed by atoms with Gasteiger partial charge >= 0.3 is 0 Å².